The molecule has 0 radical (unpaired) electrons. The molecule has 0 fully saturated rings. The quantitative estimate of drug-likeness (QED) is 0.233. The summed E-state index contributed by atoms with van der Waals surface area (Å²) >= 11 is 0. The molecule has 0 spiro atoms. The first-order valence-corrected chi connectivity index (χ1v) is 11.0. The molecule has 0 amide bonds. The van der Waals surface area contributed by atoms with Crippen molar-refractivity contribution in [2.24, 2.45) is 0 Å². The predicted octanol–water partition coefficient (Wildman–Crippen LogP) is 6.57. The van der Waals surface area contributed by atoms with E-state index in [1.54, 1.807) is 0 Å². The summed E-state index contributed by atoms with van der Waals surface area (Å²) in [4.78, 5) is 2.11. The van der Waals surface area contributed by atoms with Gasteiger partial charge in [0.25, 0.3) is 0 Å². The Morgan fingerprint density at radius 3 is 1.75 bits per heavy atom. The lowest BCUT2D eigenvalue weighted by Crippen LogP contribution is -2.33. The molecule has 0 saturated carbocycles. The summed E-state index contributed by atoms with van der Waals surface area (Å²) in [5.74, 6) is 0. The number of hydrogen-bond donors (Lipinski definition) is 0. The lowest BCUT2D eigenvalue weighted by atomic mass is 9.96. The van der Waals surface area contributed by atoms with Crippen molar-refractivity contribution >= 4 is 39.4 Å². The highest BCUT2D eigenvalue weighted by atomic mass is 15.1. The first kappa shape index (κ1) is 20.0. The van der Waals surface area contributed by atoms with Crippen LogP contribution in [0.5, 0.6) is 0 Å². The summed E-state index contributed by atoms with van der Waals surface area (Å²) in [5.41, 5.74) is 4.98. The fourth-order valence-corrected chi connectivity index (χ4v) is 4.22. The van der Waals surface area contributed by atoms with Gasteiger partial charge in [-0.05, 0) is 50.9 Å². The Labute approximate surface area is 189 Å². The van der Waals surface area contributed by atoms with E-state index in [4.69, 9.17) is 0 Å². The van der Waals surface area contributed by atoms with E-state index in [1.165, 1.54) is 43.9 Å². The van der Waals surface area contributed by atoms with Crippen molar-refractivity contribution < 1.29 is 4.57 Å². The summed E-state index contributed by atoms with van der Waals surface area (Å²) in [7, 11) is 4.12. The molecule has 0 unspecified atom stereocenters. The van der Waals surface area contributed by atoms with Crippen LogP contribution in [0, 0.1) is 0 Å². The van der Waals surface area contributed by atoms with Crippen LogP contribution in [0.4, 0.5) is 5.69 Å². The van der Waals surface area contributed by atoms with E-state index in [1.807, 2.05) is 0 Å². The smallest absolute Gasteiger partial charge is 0.175 e. The molecule has 5 aromatic rings. The van der Waals surface area contributed by atoms with Gasteiger partial charge in [-0.2, -0.15) is 0 Å². The van der Waals surface area contributed by atoms with Crippen LogP contribution in [-0.2, 0) is 6.54 Å². The predicted molar refractivity (Wildman–Crippen MR) is 137 cm³/mol. The first-order chi connectivity index (χ1) is 15.7. The van der Waals surface area contributed by atoms with Crippen LogP contribution >= 0.6 is 0 Å². The Bertz CT molecular complexity index is 1340. The van der Waals surface area contributed by atoms with E-state index >= 15 is 0 Å². The van der Waals surface area contributed by atoms with E-state index < -0.39 is 0 Å². The zero-order chi connectivity index (χ0) is 21.9. The molecule has 0 aliphatic rings. The fraction of sp³-hybridized carbons (Fsp3) is 0.100. The molecule has 0 aliphatic heterocycles. The molecule has 32 heavy (non-hydrogen) atoms. The van der Waals surface area contributed by atoms with Crippen LogP contribution in [0.1, 0.15) is 16.7 Å². The van der Waals surface area contributed by atoms with E-state index in [9.17, 15) is 0 Å². The van der Waals surface area contributed by atoms with Gasteiger partial charge in [0.1, 0.15) is 0 Å². The summed E-state index contributed by atoms with van der Waals surface area (Å²) in [6, 6.07) is 32.6. The highest BCUT2D eigenvalue weighted by Crippen LogP contribution is 2.28. The molecule has 0 atom stereocenters. The molecular formula is C30H27N2+. The molecule has 0 N–H and O–H groups in total. The zero-order valence-electron chi connectivity index (χ0n) is 18.6. The van der Waals surface area contributed by atoms with Gasteiger partial charge in [0.15, 0.2) is 18.9 Å². The molecule has 4 aromatic carbocycles. The highest BCUT2D eigenvalue weighted by Gasteiger charge is 2.11. The molecule has 1 aromatic heterocycles. The maximum atomic E-state index is 2.29. The molecule has 1 heterocycles. The topological polar surface area (TPSA) is 7.12 Å². The minimum Gasteiger partial charge on any atom is -0.378 e. The summed E-state index contributed by atoms with van der Waals surface area (Å²) < 4.78 is 2.26. The van der Waals surface area contributed by atoms with Gasteiger partial charge in [-0.1, -0.05) is 72.8 Å². The van der Waals surface area contributed by atoms with Gasteiger partial charge in [0.2, 0.25) is 0 Å². The van der Waals surface area contributed by atoms with Crippen molar-refractivity contribution in [3.63, 3.8) is 0 Å². The second kappa shape index (κ2) is 8.68. The Morgan fingerprint density at radius 2 is 1.19 bits per heavy atom. The Kier molecular flexibility index (Phi) is 5.43. The van der Waals surface area contributed by atoms with Crippen molar-refractivity contribution in [1.29, 1.82) is 0 Å². The maximum absolute atomic E-state index is 2.29. The van der Waals surface area contributed by atoms with Crippen LogP contribution in [0.2, 0.25) is 0 Å². The summed E-state index contributed by atoms with van der Waals surface area (Å²) in [5, 5.41) is 5.23. The number of pyridine rings is 1. The van der Waals surface area contributed by atoms with E-state index in [0.717, 1.165) is 6.54 Å². The molecule has 0 bridgehead atoms. The van der Waals surface area contributed by atoms with Crippen molar-refractivity contribution in [3.05, 3.63) is 120 Å². The minimum atomic E-state index is 0.845. The second-order valence-corrected chi connectivity index (χ2v) is 8.42. The van der Waals surface area contributed by atoms with Gasteiger partial charge in [0.05, 0.1) is 0 Å². The first-order valence-electron chi connectivity index (χ1n) is 11.0. The van der Waals surface area contributed by atoms with Crippen LogP contribution in [0.15, 0.2) is 103 Å². The number of rotatable bonds is 5. The van der Waals surface area contributed by atoms with Crippen molar-refractivity contribution in [3.8, 4) is 0 Å². The summed E-state index contributed by atoms with van der Waals surface area (Å²) in [6.45, 7) is 0.845. The highest BCUT2D eigenvalue weighted by molar-refractivity contribution is 6.02. The van der Waals surface area contributed by atoms with Crippen molar-refractivity contribution in [2.45, 2.75) is 6.54 Å². The lowest BCUT2D eigenvalue weighted by molar-refractivity contribution is -0.688. The number of benzene rings is 4. The SMILES string of the molecule is CN(C)c1ccc(/C=C/c2cc[n+](Cc3c4ccccc4cc4ccccc34)cc2)cc1. The third-order valence-electron chi connectivity index (χ3n) is 6.02. The van der Waals surface area contributed by atoms with E-state index in [2.05, 4.69) is 139 Å². The number of fused-ring (bicyclic) bond motifs is 2. The largest absolute Gasteiger partial charge is 0.378 e. The number of anilines is 1. The van der Waals surface area contributed by atoms with Gasteiger partial charge in [0, 0.05) is 37.5 Å². The number of aromatic nitrogens is 1. The van der Waals surface area contributed by atoms with Crippen molar-refractivity contribution in [2.75, 3.05) is 19.0 Å². The Hall–Kier alpha value is -3.91. The van der Waals surface area contributed by atoms with Gasteiger partial charge >= 0.3 is 0 Å². The monoisotopic (exact) mass is 415 g/mol. The maximum Gasteiger partial charge on any atom is 0.175 e. The van der Waals surface area contributed by atoms with Crippen LogP contribution < -0.4 is 9.47 Å². The average molecular weight is 416 g/mol. The van der Waals surface area contributed by atoms with Crippen LogP contribution in [0.3, 0.4) is 0 Å². The molecular weight excluding hydrogens is 388 g/mol. The standard InChI is InChI=1S/C30H27N2/c1-31(2)27-15-13-23(14-16-27)11-12-24-17-19-32(20-18-24)22-30-28-9-5-3-7-25(28)21-26-8-4-6-10-29(26)30/h3-21H,22H2,1-2H3/q+1. The van der Waals surface area contributed by atoms with E-state index in [0.29, 0.717) is 0 Å². The molecule has 0 aliphatic carbocycles. The van der Waals surface area contributed by atoms with Crippen LogP contribution in [0.25, 0.3) is 33.7 Å². The second-order valence-electron chi connectivity index (χ2n) is 8.42. The zero-order valence-corrected chi connectivity index (χ0v) is 18.6. The molecule has 2 nitrogen and oxygen atoms in total. The molecule has 2 heteroatoms. The molecule has 5 rings (SSSR count). The average Bonchev–Trinajstić information content (AvgIpc) is 2.83. The van der Waals surface area contributed by atoms with Crippen molar-refractivity contribution in [1.82, 2.24) is 0 Å². The summed E-state index contributed by atoms with van der Waals surface area (Å²) in [6.07, 6.45) is 8.68. The third kappa shape index (κ3) is 4.13. The van der Waals surface area contributed by atoms with Gasteiger partial charge in [-0.25, -0.2) is 4.57 Å². The number of hydrogen-bond acceptors (Lipinski definition) is 1. The molecule has 0 saturated heterocycles. The van der Waals surface area contributed by atoms with E-state index in [-0.39, 0.29) is 0 Å². The Morgan fingerprint density at radius 1 is 0.656 bits per heavy atom. The fourth-order valence-electron chi connectivity index (χ4n) is 4.22. The normalized spacial score (nSPS) is 11.4. The third-order valence-corrected chi connectivity index (χ3v) is 6.02. The molecule has 156 valence electrons. The Balaban J connectivity index is 1.41. The van der Waals surface area contributed by atoms with Crippen LogP contribution in [-0.4, -0.2) is 14.1 Å². The van der Waals surface area contributed by atoms with Gasteiger partial charge < -0.3 is 4.90 Å². The van der Waals surface area contributed by atoms with Gasteiger partial charge in [-0.15, -0.1) is 0 Å². The number of nitrogens with zero attached hydrogens (tertiary/aromatic N) is 2. The van der Waals surface area contributed by atoms with Gasteiger partial charge in [-0.3, -0.25) is 0 Å². The minimum absolute atomic E-state index is 0.845. The lowest BCUT2D eigenvalue weighted by Gasteiger charge is -2.11.